The van der Waals surface area contributed by atoms with E-state index in [0.29, 0.717) is 22.9 Å². The lowest BCUT2D eigenvalue weighted by atomic mass is 10.1. The number of rotatable bonds is 2. The summed E-state index contributed by atoms with van der Waals surface area (Å²) in [4.78, 5) is 29.1. The number of carbonyl (C=O) groups excluding carboxylic acids is 2. The molecule has 2 amide bonds. The van der Waals surface area contributed by atoms with Gasteiger partial charge in [0.2, 0.25) is 5.91 Å². The van der Waals surface area contributed by atoms with Crippen molar-refractivity contribution in [2.45, 2.75) is 13.0 Å². The molecule has 0 radical (unpaired) electrons. The minimum atomic E-state index is -0.217. The summed E-state index contributed by atoms with van der Waals surface area (Å²) >= 11 is 7.31. The number of aromatic nitrogens is 1. The molecule has 1 saturated heterocycles. The number of para-hydroxylation sites is 1. The topological polar surface area (TPSA) is 50.3 Å². The molecule has 1 fully saturated rings. The molecular formula is C14H11ClN2O2S. The van der Waals surface area contributed by atoms with Gasteiger partial charge in [0.25, 0.3) is 5.24 Å². The molecule has 2 aromatic rings. The van der Waals surface area contributed by atoms with Crippen molar-refractivity contribution in [3.8, 4) is 0 Å². The van der Waals surface area contributed by atoms with E-state index in [0.717, 1.165) is 22.7 Å². The SMILES string of the molecule is O=C1CCSC(=O)N1Cc1cc2ccccc2nc1Cl. The summed E-state index contributed by atoms with van der Waals surface area (Å²) in [6.07, 6.45) is 0.384. The second kappa shape index (κ2) is 5.42. The summed E-state index contributed by atoms with van der Waals surface area (Å²) < 4.78 is 0. The maximum Gasteiger partial charge on any atom is 0.288 e. The Hall–Kier alpha value is -1.59. The van der Waals surface area contributed by atoms with Crippen LogP contribution in [0.5, 0.6) is 0 Å². The number of imide groups is 1. The van der Waals surface area contributed by atoms with Gasteiger partial charge in [0, 0.05) is 23.1 Å². The minimum Gasteiger partial charge on any atom is -0.274 e. The van der Waals surface area contributed by atoms with E-state index in [1.54, 1.807) is 0 Å². The number of hydrogen-bond donors (Lipinski definition) is 0. The van der Waals surface area contributed by atoms with Crippen LogP contribution in [0.3, 0.4) is 0 Å². The molecule has 1 aliphatic rings. The smallest absolute Gasteiger partial charge is 0.274 e. The van der Waals surface area contributed by atoms with Crippen LogP contribution in [0.15, 0.2) is 30.3 Å². The summed E-state index contributed by atoms with van der Waals surface area (Å²) in [6.45, 7) is 0.182. The zero-order chi connectivity index (χ0) is 14.1. The number of halogens is 1. The number of fused-ring (bicyclic) bond motifs is 1. The third-order valence-electron chi connectivity index (χ3n) is 3.14. The first-order chi connectivity index (χ1) is 9.65. The van der Waals surface area contributed by atoms with Gasteiger partial charge < -0.3 is 0 Å². The van der Waals surface area contributed by atoms with Gasteiger partial charge in [-0.05, 0) is 12.1 Å². The van der Waals surface area contributed by atoms with E-state index in [9.17, 15) is 9.59 Å². The molecule has 0 atom stereocenters. The lowest BCUT2D eigenvalue weighted by molar-refractivity contribution is -0.128. The van der Waals surface area contributed by atoms with Crippen molar-refractivity contribution < 1.29 is 9.59 Å². The molecule has 1 aromatic heterocycles. The second-order valence-corrected chi connectivity index (χ2v) is 5.88. The zero-order valence-corrected chi connectivity index (χ0v) is 12.1. The van der Waals surface area contributed by atoms with Crippen molar-refractivity contribution in [2.24, 2.45) is 0 Å². The van der Waals surface area contributed by atoms with E-state index in [1.807, 2.05) is 30.3 Å². The van der Waals surface area contributed by atoms with Crippen molar-refractivity contribution in [1.82, 2.24) is 9.88 Å². The summed E-state index contributed by atoms with van der Waals surface area (Å²) in [6, 6.07) is 9.48. The van der Waals surface area contributed by atoms with Crippen molar-refractivity contribution in [2.75, 3.05) is 5.75 Å². The average Bonchev–Trinajstić information content (AvgIpc) is 2.43. The highest BCUT2D eigenvalue weighted by atomic mass is 35.5. The highest BCUT2D eigenvalue weighted by Crippen LogP contribution is 2.25. The zero-order valence-electron chi connectivity index (χ0n) is 10.5. The fraction of sp³-hybridized carbons (Fsp3) is 0.214. The van der Waals surface area contributed by atoms with Gasteiger partial charge in [0.1, 0.15) is 5.15 Å². The van der Waals surface area contributed by atoms with Crippen molar-refractivity contribution >= 4 is 45.4 Å². The molecule has 1 aromatic carbocycles. The van der Waals surface area contributed by atoms with Gasteiger partial charge in [-0.1, -0.05) is 41.6 Å². The van der Waals surface area contributed by atoms with Crippen molar-refractivity contribution in [1.29, 1.82) is 0 Å². The highest BCUT2D eigenvalue weighted by molar-refractivity contribution is 8.13. The van der Waals surface area contributed by atoms with Gasteiger partial charge in [-0.3, -0.25) is 14.5 Å². The fourth-order valence-corrected chi connectivity index (χ4v) is 3.09. The number of pyridine rings is 1. The molecule has 1 aliphatic heterocycles. The van der Waals surface area contributed by atoms with Crippen LogP contribution < -0.4 is 0 Å². The van der Waals surface area contributed by atoms with Crippen LogP contribution in [-0.2, 0) is 11.3 Å². The van der Waals surface area contributed by atoms with E-state index < -0.39 is 0 Å². The molecule has 0 unspecified atom stereocenters. The van der Waals surface area contributed by atoms with E-state index in [1.165, 1.54) is 4.90 Å². The molecule has 0 bridgehead atoms. The van der Waals surface area contributed by atoms with E-state index >= 15 is 0 Å². The van der Waals surface area contributed by atoms with Crippen molar-refractivity contribution in [3.63, 3.8) is 0 Å². The molecule has 4 nitrogen and oxygen atoms in total. The largest absolute Gasteiger partial charge is 0.288 e. The minimum absolute atomic E-state index is 0.155. The standard InChI is InChI=1S/C14H11ClN2O2S/c15-13-10(7-9-3-1-2-4-11(9)16-13)8-17-12(18)5-6-20-14(17)19/h1-4,7H,5-6,8H2. The number of hydrogen-bond acceptors (Lipinski definition) is 4. The molecule has 2 heterocycles. The van der Waals surface area contributed by atoms with E-state index in [-0.39, 0.29) is 17.7 Å². The Morgan fingerprint density at radius 3 is 2.90 bits per heavy atom. The average molecular weight is 307 g/mol. The van der Waals surface area contributed by atoms with Crippen LogP contribution in [0.2, 0.25) is 5.15 Å². The maximum atomic E-state index is 11.8. The molecule has 0 N–H and O–H groups in total. The molecule has 0 saturated carbocycles. The first-order valence-electron chi connectivity index (χ1n) is 6.16. The summed E-state index contributed by atoms with van der Waals surface area (Å²) in [5.74, 6) is 0.399. The predicted octanol–water partition coefficient (Wildman–Crippen LogP) is 3.47. The van der Waals surface area contributed by atoms with Gasteiger partial charge in [0.05, 0.1) is 12.1 Å². The van der Waals surface area contributed by atoms with Gasteiger partial charge in [-0.15, -0.1) is 0 Å². The maximum absolute atomic E-state index is 11.8. The Labute approximate surface area is 125 Å². The molecule has 0 spiro atoms. The van der Waals surface area contributed by atoms with Crippen LogP contribution in [0.25, 0.3) is 10.9 Å². The lowest BCUT2D eigenvalue weighted by Crippen LogP contribution is -2.37. The number of carbonyl (C=O) groups is 2. The van der Waals surface area contributed by atoms with Crippen LogP contribution in [-0.4, -0.2) is 26.8 Å². The van der Waals surface area contributed by atoms with Crippen molar-refractivity contribution in [3.05, 3.63) is 41.0 Å². The van der Waals surface area contributed by atoms with Gasteiger partial charge in [0.15, 0.2) is 0 Å². The highest BCUT2D eigenvalue weighted by Gasteiger charge is 2.27. The Bertz CT molecular complexity index is 689. The fourth-order valence-electron chi connectivity index (χ4n) is 2.11. The Morgan fingerprint density at radius 2 is 2.10 bits per heavy atom. The molecule has 102 valence electrons. The summed E-state index contributed by atoms with van der Waals surface area (Å²) in [5, 5.41) is 1.06. The molecule has 20 heavy (non-hydrogen) atoms. The normalized spacial score (nSPS) is 15.9. The number of benzene rings is 1. The number of thioether (sulfide) groups is 1. The van der Waals surface area contributed by atoms with Crippen LogP contribution in [0.4, 0.5) is 4.79 Å². The number of nitrogens with zero attached hydrogens (tertiary/aromatic N) is 2. The predicted molar refractivity (Wildman–Crippen MR) is 79.8 cm³/mol. The third kappa shape index (κ3) is 2.51. The lowest BCUT2D eigenvalue weighted by Gasteiger charge is -2.24. The van der Waals surface area contributed by atoms with Crippen LogP contribution in [0, 0.1) is 0 Å². The Balaban J connectivity index is 1.95. The Kier molecular flexibility index (Phi) is 3.63. The van der Waals surface area contributed by atoms with E-state index in [4.69, 9.17) is 11.6 Å². The summed E-state index contributed by atoms with van der Waals surface area (Å²) in [7, 11) is 0. The third-order valence-corrected chi connectivity index (χ3v) is 4.34. The Morgan fingerprint density at radius 1 is 1.30 bits per heavy atom. The molecule has 3 rings (SSSR count). The van der Waals surface area contributed by atoms with E-state index in [2.05, 4.69) is 4.98 Å². The first-order valence-corrected chi connectivity index (χ1v) is 7.53. The molecule has 6 heteroatoms. The van der Waals surface area contributed by atoms with Gasteiger partial charge >= 0.3 is 0 Å². The summed E-state index contributed by atoms with van der Waals surface area (Å²) in [5.41, 5.74) is 1.49. The first kappa shape index (κ1) is 13.4. The molecule has 0 aliphatic carbocycles. The number of amides is 2. The second-order valence-electron chi connectivity index (χ2n) is 4.48. The quantitative estimate of drug-likeness (QED) is 0.797. The molecular weight excluding hydrogens is 296 g/mol. The van der Waals surface area contributed by atoms with Gasteiger partial charge in [-0.2, -0.15) is 0 Å². The van der Waals surface area contributed by atoms with Crippen LogP contribution >= 0.6 is 23.4 Å². The van der Waals surface area contributed by atoms with Gasteiger partial charge in [-0.25, -0.2) is 4.98 Å². The van der Waals surface area contributed by atoms with Crippen LogP contribution in [0.1, 0.15) is 12.0 Å². The monoisotopic (exact) mass is 306 g/mol.